The molecule has 0 aliphatic carbocycles. The number of nitrogens with zero attached hydrogens (tertiary/aromatic N) is 2. The molecular formula is C14H12N2O4. The Bertz CT molecular complexity index is 819. The van der Waals surface area contributed by atoms with Gasteiger partial charge in [-0.1, -0.05) is 0 Å². The molecule has 0 amide bonds. The van der Waals surface area contributed by atoms with E-state index in [1.807, 2.05) is 13.0 Å². The van der Waals surface area contributed by atoms with E-state index in [9.17, 15) is 4.79 Å². The highest BCUT2D eigenvalue weighted by atomic mass is 16.5. The molecule has 0 N–H and O–H groups in total. The molecule has 3 aromatic rings. The molecule has 0 saturated carbocycles. The fraction of sp³-hybridized carbons (Fsp3) is 0.214. The summed E-state index contributed by atoms with van der Waals surface area (Å²) >= 11 is 0. The third-order valence-corrected chi connectivity index (χ3v) is 2.85. The average Bonchev–Trinajstić information content (AvgIpc) is 2.81. The first-order valence-corrected chi connectivity index (χ1v) is 6.08. The molecule has 0 saturated heterocycles. The number of aromatic nitrogens is 2. The van der Waals surface area contributed by atoms with Gasteiger partial charge in [-0.2, -0.15) is 0 Å². The molecule has 20 heavy (non-hydrogen) atoms. The lowest BCUT2D eigenvalue weighted by molar-refractivity contribution is 0.260. The van der Waals surface area contributed by atoms with Crippen LogP contribution in [0.15, 0.2) is 37.9 Å². The van der Waals surface area contributed by atoms with Crippen molar-refractivity contribution in [3.8, 4) is 5.75 Å². The molecule has 0 radical (unpaired) electrons. The van der Waals surface area contributed by atoms with Crippen LogP contribution in [-0.2, 0) is 6.61 Å². The van der Waals surface area contributed by atoms with Crippen LogP contribution in [0.3, 0.4) is 0 Å². The Labute approximate surface area is 114 Å². The van der Waals surface area contributed by atoms with Gasteiger partial charge < -0.3 is 13.6 Å². The molecule has 2 aromatic heterocycles. The Morgan fingerprint density at radius 3 is 2.75 bits per heavy atom. The van der Waals surface area contributed by atoms with Crippen molar-refractivity contribution in [2.75, 3.05) is 0 Å². The van der Waals surface area contributed by atoms with Crippen LogP contribution in [0.5, 0.6) is 5.75 Å². The monoisotopic (exact) mass is 272 g/mol. The van der Waals surface area contributed by atoms with E-state index in [4.69, 9.17) is 13.6 Å². The number of aryl methyl sites for hydroxylation is 2. The van der Waals surface area contributed by atoms with Gasteiger partial charge in [-0.3, -0.25) is 0 Å². The molecule has 2 heterocycles. The Kier molecular flexibility index (Phi) is 2.98. The van der Waals surface area contributed by atoms with Gasteiger partial charge in [0.1, 0.15) is 11.3 Å². The minimum absolute atomic E-state index is 0.169. The minimum Gasteiger partial charge on any atom is -0.484 e. The maximum Gasteiger partial charge on any atom is 0.336 e. The van der Waals surface area contributed by atoms with Gasteiger partial charge in [0.2, 0.25) is 5.89 Å². The third-order valence-electron chi connectivity index (χ3n) is 2.85. The zero-order chi connectivity index (χ0) is 14.1. The van der Waals surface area contributed by atoms with E-state index < -0.39 is 0 Å². The summed E-state index contributed by atoms with van der Waals surface area (Å²) in [6, 6.07) is 6.79. The fourth-order valence-corrected chi connectivity index (χ4v) is 1.94. The second kappa shape index (κ2) is 4.80. The van der Waals surface area contributed by atoms with E-state index >= 15 is 0 Å². The molecule has 0 fully saturated rings. The average molecular weight is 272 g/mol. The van der Waals surface area contributed by atoms with Crippen molar-refractivity contribution in [1.29, 1.82) is 0 Å². The molecule has 0 aliphatic heterocycles. The molecule has 0 spiro atoms. The molecule has 102 valence electrons. The standard InChI is InChI=1S/C14H12N2O4/c1-8-5-14(17)20-12-6-10(3-4-11(8)12)18-7-13-16-15-9(2)19-13/h3-6H,7H2,1-2H3. The maximum atomic E-state index is 11.4. The second-order valence-electron chi connectivity index (χ2n) is 4.41. The number of benzene rings is 1. The van der Waals surface area contributed by atoms with E-state index in [0.29, 0.717) is 23.1 Å². The van der Waals surface area contributed by atoms with Gasteiger partial charge in [0.05, 0.1) is 0 Å². The Balaban J connectivity index is 1.87. The van der Waals surface area contributed by atoms with Crippen LogP contribution in [0.2, 0.25) is 0 Å². The quantitative estimate of drug-likeness (QED) is 0.681. The third kappa shape index (κ3) is 2.40. The largest absolute Gasteiger partial charge is 0.484 e. The van der Waals surface area contributed by atoms with E-state index in [-0.39, 0.29) is 12.2 Å². The first-order valence-electron chi connectivity index (χ1n) is 6.08. The molecule has 0 aliphatic rings. The van der Waals surface area contributed by atoms with Gasteiger partial charge in [-0.25, -0.2) is 4.79 Å². The lowest BCUT2D eigenvalue weighted by Crippen LogP contribution is -1.99. The molecule has 6 nitrogen and oxygen atoms in total. The molecule has 6 heteroatoms. The summed E-state index contributed by atoms with van der Waals surface area (Å²) in [5, 5.41) is 8.43. The van der Waals surface area contributed by atoms with Crippen molar-refractivity contribution in [1.82, 2.24) is 10.2 Å². The summed E-state index contributed by atoms with van der Waals surface area (Å²) < 4.78 is 15.9. The first-order chi connectivity index (χ1) is 9.61. The minimum atomic E-state index is -0.375. The van der Waals surface area contributed by atoms with Crippen LogP contribution in [-0.4, -0.2) is 10.2 Å². The Morgan fingerprint density at radius 1 is 1.15 bits per heavy atom. The highest BCUT2D eigenvalue weighted by Gasteiger charge is 2.06. The fourth-order valence-electron chi connectivity index (χ4n) is 1.94. The van der Waals surface area contributed by atoms with E-state index in [0.717, 1.165) is 10.9 Å². The van der Waals surface area contributed by atoms with Gasteiger partial charge in [-0.05, 0) is 24.6 Å². The second-order valence-corrected chi connectivity index (χ2v) is 4.41. The maximum absolute atomic E-state index is 11.4. The van der Waals surface area contributed by atoms with E-state index in [2.05, 4.69) is 10.2 Å². The Morgan fingerprint density at radius 2 is 2.00 bits per heavy atom. The smallest absolute Gasteiger partial charge is 0.336 e. The van der Waals surface area contributed by atoms with Crippen molar-refractivity contribution in [2.45, 2.75) is 20.5 Å². The van der Waals surface area contributed by atoms with Crippen molar-refractivity contribution in [2.24, 2.45) is 0 Å². The van der Waals surface area contributed by atoms with E-state index in [1.54, 1.807) is 19.1 Å². The number of hydrogen-bond donors (Lipinski definition) is 0. The van der Waals surface area contributed by atoms with Crippen molar-refractivity contribution in [3.63, 3.8) is 0 Å². The summed E-state index contributed by atoms with van der Waals surface area (Å²) in [5.74, 6) is 1.46. The molecule has 0 unspecified atom stereocenters. The zero-order valence-electron chi connectivity index (χ0n) is 11.0. The summed E-state index contributed by atoms with van der Waals surface area (Å²) in [4.78, 5) is 11.4. The summed E-state index contributed by atoms with van der Waals surface area (Å²) in [6.45, 7) is 3.74. The number of fused-ring (bicyclic) bond motifs is 1. The van der Waals surface area contributed by atoms with Crippen molar-refractivity contribution in [3.05, 3.63) is 52.0 Å². The summed E-state index contributed by atoms with van der Waals surface area (Å²) in [6.07, 6.45) is 0. The predicted molar refractivity (Wildman–Crippen MR) is 70.6 cm³/mol. The Hall–Kier alpha value is -2.63. The lowest BCUT2D eigenvalue weighted by atomic mass is 10.1. The van der Waals surface area contributed by atoms with Crippen molar-refractivity contribution >= 4 is 11.0 Å². The van der Waals surface area contributed by atoms with Gasteiger partial charge in [0, 0.05) is 24.4 Å². The highest BCUT2D eigenvalue weighted by Crippen LogP contribution is 2.22. The summed E-state index contributed by atoms with van der Waals surface area (Å²) in [7, 11) is 0. The van der Waals surface area contributed by atoms with Crippen LogP contribution in [0.1, 0.15) is 17.3 Å². The molecule has 1 aromatic carbocycles. The SMILES string of the molecule is Cc1nnc(COc2ccc3c(C)cc(=O)oc3c2)o1. The first kappa shape index (κ1) is 12.4. The van der Waals surface area contributed by atoms with Gasteiger partial charge in [0.15, 0.2) is 6.61 Å². The highest BCUT2D eigenvalue weighted by molar-refractivity contribution is 5.81. The summed E-state index contributed by atoms with van der Waals surface area (Å²) in [5.41, 5.74) is 0.990. The number of ether oxygens (including phenoxy) is 1. The van der Waals surface area contributed by atoms with Crippen LogP contribution < -0.4 is 10.4 Å². The molecule has 3 rings (SSSR count). The van der Waals surface area contributed by atoms with Crippen LogP contribution in [0.25, 0.3) is 11.0 Å². The molecular weight excluding hydrogens is 260 g/mol. The predicted octanol–water partition coefficient (Wildman–Crippen LogP) is 2.37. The van der Waals surface area contributed by atoms with Gasteiger partial charge in [0.25, 0.3) is 5.89 Å². The van der Waals surface area contributed by atoms with Crippen LogP contribution in [0, 0.1) is 13.8 Å². The van der Waals surface area contributed by atoms with Crippen molar-refractivity contribution < 1.29 is 13.6 Å². The van der Waals surface area contributed by atoms with Crippen LogP contribution >= 0.6 is 0 Å². The van der Waals surface area contributed by atoms with Crippen LogP contribution in [0.4, 0.5) is 0 Å². The number of rotatable bonds is 3. The topological polar surface area (TPSA) is 78.4 Å². The van der Waals surface area contributed by atoms with E-state index in [1.165, 1.54) is 6.07 Å². The zero-order valence-corrected chi connectivity index (χ0v) is 11.0. The normalized spacial score (nSPS) is 10.9. The number of hydrogen-bond acceptors (Lipinski definition) is 6. The molecule has 0 atom stereocenters. The molecule has 0 bridgehead atoms. The lowest BCUT2D eigenvalue weighted by Gasteiger charge is -2.05. The van der Waals surface area contributed by atoms with Gasteiger partial charge >= 0.3 is 5.63 Å². The van der Waals surface area contributed by atoms with Gasteiger partial charge in [-0.15, -0.1) is 10.2 Å².